The highest BCUT2D eigenvalue weighted by Gasteiger charge is 2.13. The van der Waals surface area contributed by atoms with E-state index in [0.29, 0.717) is 0 Å². The van der Waals surface area contributed by atoms with Crippen molar-refractivity contribution in [2.24, 2.45) is 0 Å². The number of aryl methyl sites for hydroxylation is 1. The molecule has 0 spiro atoms. The van der Waals surface area contributed by atoms with Crippen LogP contribution in [0.1, 0.15) is 41.9 Å². The van der Waals surface area contributed by atoms with Crippen molar-refractivity contribution in [3.05, 3.63) is 70.6 Å². The number of aliphatic hydroxyl groups excluding tert-OH is 1. The lowest BCUT2D eigenvalue weighted by atomic mass is 10.0. The van der Waals surface area contributed by atoms with E-state index >= 15 is 0 Å². The highest BCUT2D eigenvalue weighted by molar-refractivity contribution is 7.19. The fourth-order valence-electron chi connectivity index (χ4n) is 2.55. The summed E-state index contributed by atoms with van der Waals surface area (Å²) in [6.07, 6.45) is 3.03. The molecule has 0 aliphatic carbocycles. The maximum absolute atomic E-state index is 10.6. The number of rotatable bonds is 5. The number of hydrogen-bond acceptors (Lipinski definition) is 2. The molecule has 3 aromatic rings. The summed E-state index contributed by atoms with van der Waals surface area (Å²) in [6, 6.07) is 18.8. The SMILES string of the molecule is CCCCc1ccc(C(O)c2cc3ccccc3s2)cc1. The summed E-state index contributed by atoms with van der Waals surface area (Å²) in [5, 5.41) is 11.8. The van der Waals surface area contributed by atoms with Crippen molar-refractivity contribution in [3.8, 4) is 0 Å². The zero-order chi connectivity index (χ0) is 14.7. The van der Waals surface area contributed by atoms with Crippen LogP contribution in [0, 0.1) is 0 Å². The minimum atomic E-state index is -0.525. The zero-order valence-electron chi connectivity index (χ0n) is 12.3. The summed E-state index contributed by atoms with van der Waals surface area (Å²) in [6.45, 7) is 2.21. The Hall–Kier alpha value is -1.64. The molecule has 1 heterocycles. The van der Waals surface area contributed by atoms with E-state index in [9.17, 15) is 5.11 Å². The van der Waals surface area contributed by atoms with Gasteiger partial charge in [-0.3, -0.25) is 0 Å². The Kier molecular flexibility index (Phi) is 4.37. The van der Waals surface area contributed by atoms with Gasteiger partial charge in [-0.1, -0.05) is 55.8 Å². The van der Waals surface area contributed by atoms with Crippen molar-refractivity contribution in [2.45, 2.75) is 32.3 Å². The first kappa shape index (κ1) is 14.3. The van der Waals surface area contributed by atoms with Crippen molar-refractivity contribution in [1.82, 2.24) is 0 Å². The molecule has 2 heteroatoms. The largest absolute Gasteiger partial charge is 0.383 e. The molecule has 1 unspecified atom stereocenters. The first-order valence-electron chi connectivity index (χ1n) is 7.53. The fraction of sp³-hybridized carbons (Fsp3) is 0.263. The molecule has 0 bridgehead atoms. The number of aliphatic hydroxyl groups is 1. The molecule has 0 aliphatic rings. The smallest absolute Gasteiger partial charge is 0.113 e. The third-order valence-corrected chi connectivity index (χ3v) is 5.00. The maximum Gasteiger partial charge on any atom is 0.113 e. The van der Waals surface area contributed by atoms with E-state index in [4.69, 9.17) is 0 Å². The quantitative estimate of drug-likeness (QED) is 0.675. The number of fused-ring (bicyclic) bond motifs is 1. The van der Waals surface area contributed by atoms with E-state index < -0.39 is 6.10 Å². The molecule has 0 saturated carbocycles. The van der Waals surface area contributed by atoms with Gasteiger partial charge in [0.1, 0.15) is 6.10 Å². The molecule has 0 saturated heterocycles. The van der Waals surface area contributed by atoms with E-state index in [0.717, 1.165) is 16.9 Å². The van der Waals surface area contributed by atoms with E-state index in [2.05, 4.69) is 49.4 Å². The summed E-state index contributed by atoms with van der Waals surface area (Å²) in [5.41, 5.74) is 2.32. The molecule has 1 atom stereocenters. The molecule has 108 valence electrons. The second-order valence-electron chi connectivity index (χ2n) is 5.43. The van der Waals surface area contributed by atoms with Gasteiger partial charge in [-0.15, -0.1) is 11.3 Å². The zero-order valence-corrected chi connectivity index (χ0v) is 13.1. The van der Waals surface area contributed by atoms with Gasteiger partial charge in [-0.25, -0.2) is 0 Å². The summed E-state index contributed by atoms with van der Waals surface area (Å²) >= 11 is 1.67. The highest BCUT2D eigenvalue weighted by atomic mass is 32.1. The minimum absolute atomic E-state index is 0.525. The predicted octanol–water partition coefficient (Wildman–Crippen LogP) is 5.33. The average Bonchev–Trinajstić information content (AvgIpc) is 2.96. The van der Waals surface area contributed by atoms with Gasteiger partial charge >= 0.3 is 0 Å². The van der Waals surface area contributed by atoms with Crippen molar-refractivity contribution < 1.29 is 5.11 Å². The van der Waals surface area contributed by atoms with E-state index in [1.165, 1.54) is 28.5 Å². The Morgan fingerprint density at radius 2 is 1.81 bits per heavy atom. The molecule has 0 fully saturated rings. The Bertz CT molecular complexity index is 679. The van der Waals surface area contributed by atoms with Crippen molar-refractivity contribution in [1.29, 1.82) is 0 Å². The molecule has 2 aromatic carbocycles. The van der Waals surface area contributed by atoms with Gasteiger partial charge in [0.2, 0.25) is 0 Å². The fourth-order valence-corrected chi connectivity index (χ4v) is 3.63. The molecule has 1 N–H and O–H groups in total. The first-order valence-corrected chi connectivity index (χ1v) is 8.35. The molecule has 0 aliphatic heterocycles. The first-order chi connectivity index (χ1) is 10.3. The Morgan fingerprint density at radius 1 is 1.05 bits per heavy atom. The summed E-state index contributed by atoms with van der Waals surface area (Å²) in [7, 11) is 0. The van der Waals surface area contributed by atoms with Crippen LogP contribution in [0.3, 0.4) is 0 Å². The van der Waals surface area contributed by atoms with Gasteiger partial charge in [0, 0.05) is 9.58 Å². The lowest BCUT2D eigenvalue weighted by Crippen LogP contribution is -1.97. The summed E-state index contributed by atoms with van der Waals surface area (Å²) in [5.74, 6) is 0. The monoisotopic (exact) mass is 296 g/mol. The Labute approximate surface area is 129 Å². The van der Waals surface area contributed by atoms with Crippen molar-refractivity contribution >= 4 is 21.4 Å². The summed E-state index contributed by atoms with van der Waals surface area (Å²) in [4.78, 5) is 1.01. The van der Waals surface area contributed by atoms with Crippen molar-refractivity contribution in [3.63, 3.8) is 0 Å². The molecular formula is C19H20OS. The molecule has 21 heavy (non-hydrogen) atoms. The van der Waals surface area contributed by atoms with E-state index in [1.807, 2.05) is 12.1 Å². The van der Waals surface area contributed by atoms with E-state index in [-0.39, 0.29) is 0 Å². The number of thiophene rings is 1. The van der Waals surface area contributed by atoms with Gasteiger partial charge in [0.05, 0.1) is 0 Å². The molecule has 0 amide bonds. The lowest BCUT2D eigenvalue weighted by Gasteiger charge is -2.09. The maximum atomic E-state index is 10.6. The van der Waals surface area contributed by atoms with Crippen LogP contribution in [0.25, 0.3) is 10.1 Å². The van der Waals surface area contributed by atoms with Crippen LogP contribution in [0.15, 0.2) is 54.6 Å². The topological polar surface area (TPSA) is 20.2 Å². The van der Waals surface area contributed by atoms with Crippen LogP contribution < -0.4 is 0 Å². The predicted molar refractivity (Wildman–Crippen MR) is 90.9 cm³/mol. The molecular weight excluding hydrogens is 276 g/mol. The van der Waals surface area contributed by atoms with E-state index in [1.54, 1.807) is 11.3 Å². The normalized spacial score (nSPS) is 12.7. The number of hydrogen-bond donors (Lipinski definition) is 1. The van der Waals surface area contributed by atoms with Crippen LogP contribution >= 0.6 is 11.3 Å². The van der Waals surface area contributed by atoms with Gasteiger partial charge < -0.3 is 5.11 Å². The second kappa shape index (κ2) is 6.42. The molecule has 0 radical (unpaired) electrons. The molecule has 1 nitrogen and oxygen atoms in total. The van der Waals surface area contributed by atoms with Gasteiger partial charge in [-0.05, 0) is 41.5 Å². The van der Waals surface area contributed by atoms with Crippen LogP contribution in [-0.4, -0.2) is 5.11 Å². The van der Waals surface area contributed by atoms with Crippen LogP contribution in [0.5, 0.6) is 0 Å². The van der Waals surface area contributed by atoms with Crippen molar-refractivity contribution in [2.75, 3.05) is 0 Å². The number of unbranched alkanes of at least 4 members (excludes halogenated alkanes) is 1. The van der Waals surface area contributed by atoms with Crippen LogP contribution in [0.4, 0.5) is 0 Å². The van der Waals surface area contributed by atoms with Crippen LogP contribution in [-0.2, 0) is 6.42 Å². The van der Waals surface area contributed by atoms with Gasteiger partial charge in [0.25, 0.3) is 0 Å². The Morgan fingerprint density at radius 3 is 2.52 bits per heavy atom. The third-order valence-electron chi connectivity index (χ3n) is 3.83. The highest BCUT2D eigenvalue weighted by Crippen LogP contribution is 2.33. The standard InChI is InChI=1S/C19H20OS/c1-2-3-6-14-9-11-15(12-10-14)19(20)18-13-16-7-4-5-8-17(16)21-18/h4-5,7-13,19-20H,2-3,6H2,1H3. The number of benzene rings is 2. The summed E-state index contributed by atoms with van der Waals surface area (Å²) < 4.78 is 1.23. The third kappa shape index (κ3) is 3.17. The molecule has 1 aromatic heterocycles. The second-order valence-corrected chi connectivity index (χ2v) is 6.55. The Balaban J connectivity index is 1.82. The average molecular weight is 296 g/mol. The van der Waals surface area contributed by atoms with Crippen LogP contribution in [0.2, 0.25) is 0 Å². The van der Waals surface area contributed by atoms with Gasteiger partial charge in [-0.2, -0.15) is 0 Å². The van der Waals surface area contributed by atoms with Gasteiger partial charge in [0.15, 0.2) is 0 Å². The lowest BCUT2D eigenvalue weighted by molar-refractivity contribution is 0.224. The minimum Gasteiger partial charge on any atom is -0.383 e. The molecule has 3 rings (SSSR count).